The standard InChI is InChI=1S/C27H26N2O3S/c1-17(2)20-13-15-21(16-14-20)24-23(26(31)32-4)18(3)28-27-29(24)25(30)22(33-27)12-8-11-19-9-6-5-7-10-19/h5-17,24H,1-4H3. The third-order valence-electron chi connectivity index (χ3n) is 5.68. The number of fused-ring (bicyclic) bond motifs is 1. The van der Waals surface area contributed by atoms with E-state index in [2.05, 4.69) is 18.8 Å². The van der Waals surface area contributed by atoms with Crippen LogP contribution in [-0.4, -0.2) is 17.6 Å². The van der Waals surface area contributed by atoms with Gasteiger partial charge in [-0.05, 0) is 35.6 Å². The maximum absolute atomic E-state index is 13.5. The molecule has 1 unspecified atom stereocenters. The molecule has 168 valence electrons. The molecule has 0 aliphatic carbocycles. The fourth-order valence-electron chi connectivity index (χ4n) is 3.90. The zero-order chi connectivity index (χ0) is 23.5. The van der Waals surface area contributed by atoms with E-state index < -0.39 is 12.0 Å². The molecular weight excluding hydrogens is 432 g/mol. The van der Waals surface area contributed by atoms with Gasteiger partial charge in [0.2, 0.25) is 0 Å². The Morgan fingerprint density at radius 3 is 2.45 bits per heavy atom. The van der Waals surface area contributed by atoms with E-state index in [4.69, 9.17) is 4.74 Å². The Labute approximate surface area is 196 Å². The topological polar surface area (TPSA) is 60.7 Å². The van der Waals surface area contributed by atoms with Crippen molar-refractivity contribution < 1.29 is 9.53 Å². The van der Waals surface area contributed by atoms with E-state index in [1.165, 1.54) is 24.0 Å². The molecule has 1 aliphatic rings. The lowest BCUT2D eigenvalue weighted by Crippen LogP contribution is -2.39. The third kappa shape index (κ3) is 4.52. The van der Waals surface area contributed by atoms with Gasteiger partial charge in [0, 0.05) is 0 Å². The van der Waals surface area contributed by atoms with Crippen LogP contribution in [0.2, 0.25) is 0 Å². The first-order valence-electron chi connectivity index (χ1n) is 10.8. The van der Waals surface area contributed by atoms with Crippen molar-refractivity contribution >= 4 is 29.5 Å². The van der Waals surface area contributed by atoms with Crippen LogP contribution in [0.25, 0.3) is 12.2 Å². The van der Waals surface area contributed by atoms with Crippen LogP contribution in [0.5, 0.6) is 0 Å². The first-order chi connectivity index (χ1) is 15.9. The Kier molecular flexibility index (Phi) is 6.56. The van der Waals surface area contributed by atoms with Crippen LogP contribution in [0.3, 0.4) is 0 Å². The molecule has 1 aromatic heterocycles. The SMILES string of the molecule is COC(=O)C1=C(C)N=c2sc(=CC=Cc3ccccc3)c(=O)n2C1c1ccc(C(C)C)cc1. The highest BCUT2D eigenvalue weighted by Gasteiger charge is 2.33. The molecule has 2 aromatic carbocycles. The van der Waals surface area contributed by atoms with Crippen LogP contribution in [0, 0.1) is 0 Å². The summed E-state index contributed by atoms with van der Waals surface area (Å²) in [5.41, 5.74) is 3.86. The molecule has 1 aliphatic heterocycles. The molecule has 0 radical (unpaired) electrons. The summed E-state index contributed by atoms with van der Waals surface area (Å²) in [5, 5.41) is 0. The van der Waals surface area contributed by atoms with Crippen LogP contribution in [0.4, 0.5) is 0 Å². The fourth-order valence-corrected chi connectivity index (χ4v) is 4.89. The summed E-state index contributed by atoms with van der Waals surface area (Å²) in [4.78, 5) is 31.3. The number of thiazole rings is 1. The monoisotopic (exact) mass is 458 g/mol. The van der Waals surface area contributed by atoms with E-state index in [0.29, 0.717) is 26.5 Å². The van der Waals surface area contributed by atoms with Crippen molar-refractivity contribution in [2.45, 2.75) is 32.7 Å². The van der Waals surface area contributed by atoms with Gasteiger partial charge in [-0.3, -0.25) is 9.36 Å². The van der Waals surface area contributed by atoms with Crippen LogP contribution in [0.1, 0.15) is 49.4 Å². The number of benzene rings is 2. The molecule has 5 nitrogen and oxygen atoms in total. The summed E-state index contributed by atoms with van der Waals surface area (Å²) >= 11 is 1.32. The van der Waals surface area contributed by atoms with Gasteiger partial charge in [-0.25, -0.2) is 9.79 Å². The van der Waals surface area contributed by atoms with Crippen molar-refractivity contribution in [3.05, 3.63) is 108 Å². The molecule has 1 atom stereocenters. The minimum atomic E-state index is -0.588. The van der Waals surface area contributed by atoms with Crippen molar-refractivity contribution in [2.24, 2.45) is 4.99 Å². The lowest BCUT2D eigenvalue weighted by Gasteiger charge is -2.24. The largest absolute Gasteiger partial charge is 0.466 e. The number of hydrogen-bond acceptors (Lipinski definition) is 5. The average molecular weight is 459 g/mol. The maximum Gasteiger partial charge on any atom is 0.338 e. The van der Waals surface area contributed by atoms with E-state index in [1.54, 1.807) is 17.6 Å². The van der Waals surface area contributed by atoms with E-state index in [1.807, 2.05) is 66.7 Å². The number of methoxy groups -OCH3 is 1. The Morgan fingerprint density at radius 1 is 1.12 bits per heavy atom. The first-order valence-corrected chi connectivity index (χ1v) is 11.6. The lowest BCUT2D eigenvalue weighted by atomic mass is 9.93. The predicted molar refractivity (Wildman–Crippen MR) is 133 cm³/mol. The quantitative estimate of drug-likeness (QED) is 0.539. The number of ether oxygens (including phenoxy) is 1. The Hall–Kier alpha value is -3.51. The molecule has 0 bridgehead atoms. The molecule has 33 heavy (non-hydrogen) atoms. The summed E-state index contributed by atoms with van der Waals surface area (Å²) in [6.45, 7) is 6.05. The Morgan fingerprint density at radius 2 is 1.82 bits per heavy atom. The normalized spacial score (nSPS) is 16.3. The zero-order valence-corrected chi connectivity index (χ0v) is 19.9. The van der Waals surface area contributed by atoms with Gasteiger partial charge in [-0.1, -0.05) is 91.9 Å². The van der Waals surface area contributed by atoms with Gasteiger partial charge in [0.1, 0.15) is 0 Å². The predicted octanol–water partition coefficient (Wildman–Crippen LogP) is 4.20. The van der Waals surface area contributed by atoms with Crippen molar-refractivity contribution in [1.82, 2.24) is 4.57 Å². The second-order valence-electron chi connectivity index (χ2n) is 8.19. The van der Waals surface area contributed by atoms with Crippen molar-refractivity contribution in [3.8, 4) is 0 Å². The molecule has 0 fully saturated rings. The second-order valence-corrected chi connectivity index (χ2v) is 9.20. The molecule has 0 spiro atoms. The van der Waals surface area contributed by atoms with Gasteiger partial charge in [0.05, 0.1) is 29.0 Å². The van der Waals surface area contributed by atoms with E-state index in [-0.39, 0.29) is 5.56 Å². The number of rotatable bonds is 5. The molecular formula is C27H26N2O3S. The van der Waals surface area contributed by atoms with Crippen LogP contribution < -0.4 is 14.9 Å². The van der Waals surface area contributed by atoms with Gasteiger partial charge in [0.15, 0.2) is 4.80 Å². The van der Waals surface area contributed by atoms with Crippen LogP contribution >= 0.6 is 11.3 Å². The number of esters is 1. The number of nitrogens with zero attached hydrogens (tertiary/aromatic N) is 2. The van der Waals surface area contributed by atoms with Crippen molar-refractivity contribution in [1.29, 1.82) is 0 Å². The second kappa shape index (κ2) is 9.55. The number of carbonyl (C=O) groups is 1. The van der Waals surface area contributed by atoms with Gasteiger partial charge in [0.25, 0.3) is 5.56 Å². The molecule has 0 saturated heterocycles. The third-order valence-corrected chi connectivity index (χ3v) is 6.68. The molecule has 2 heterocycles. The van der Waals surface area contributed by atoms with Gasteiger partial charge >= 0.3 is 5.97 Å². The van der Waals surface area contributed by atoms with E-state index in [0.717, 1.165) is 11.1 Å². The number of carbonyl (C=O) groups excluding carboxylic acids is 1. The Balaban J connectivity index is 1.85. The average Bonchev–Trinajstić information content (AvgIpc) is 3.13. The molecule has 0 N–H and O–H groups in total. The highest BCUT2D eigenvalue weighted by molar-refractivity contribution is 7.07. The summed E-state index contributed by atoms with van der Waals surface area (Å²) in [7, 11) is 1.35. The lowest BCUT2D eigenvalue weighted by molar-refractivity contribution is -0.136. The highest BCUT2D eigenvalue weighted by atomic mass is 32.1. The van der Waals surface area contributed by atoms with E-state index in [9.17, 15) is 9.59 Å². The molecule has 6 heteroatoms. The number of hydrogen-bond donors (Lipinski definition) is 0. The van der Waals surface area contributed by atoms with E-state index >= 15 is 0 Å². The number of allylic oxidation sites excluding steroid dienone is 2. The van der Waals surface area contributed by atoms with Crippen molar-refractivity contribution in [2.75, 3.05) is 7.11 Å². The summed E-state index contributed by atoms with van der Waals surface area (Å²) in [6.07, 6.45) is 5.61. The minimum Gasteiger partial charge on any atom is -0.466 e. The van der Waals surface area contributed by atoms with Crippen LogP contribution in [0.15, 0.2) is 81.7 Å². The zero-order valence-electron chi connectivity index (χ0n) is 19.1. The van der Waals surface area contributed by atoms with Crippen LogP contribution in [-0.2, 0) is 9.53 Å². The van der Waals surface area contributed by atoms with Gasteiger partial charge in [-0.15, -0.1) is 0 Å². The molecule has 0 saturated carbocycles. The highest BCUT2D eigenvalue weighted by Crippen LogP contribution is 2.31. The smallest absolute Gasteiger partial charge is 0.338 e. The first kappa shape index (κ1) is 22.7. The van der Waals surface area contributed by atoms with Crippen molar-refractivity contribution in [3.63, 3.8) is 0 Å². The molecule has 3 aromatic rings. The summed E-state index contributed by atoms with van der Waals surface area (Å²) < 4.78 is 7.23. The maximum atomic E-state index is 13.5. The molecule has 0 amide bonds. The summed E-state index contributed by atoms with van der Waals surface area (Å²) in [5.74, 6) is -0.0952. The summed E-state index contributed by atoms with van der Waals surface area (Å²) in [6, 6.07) is 17.4. The fraction of sp³-hybridized carbons (Fsp3) is 0.222. The number of aromatic nitrogens is 1. The van der Waals surface area contributed by atoms with Gasteiger partial charge in [-0.2, -0.15) is 0 Å². The minimum absolute atomic E-state index is 0.177. The van der Waals surface area contributed by atoms with Gasteiger partial charge < -0.3 is 4.74 Å². The molecule has 4 rings (SSSR count). The Bertz CT molecular complexity index is 1410.